The lowest BCUT2D eigenvalue weighted by Crippen LogP contribution is -1.82. The van der Waals surface area contributed by atoms with Crippen LogP contribution in [0.2, 0.25) is 10.0 Å². The lowest BCUT2D eigenvalue weighted by atomic mass is 10.1. The van der Waals surface area contributed by atoms with Gasteiger partial charge in [0.15, 0.2) is 0 Å². The maximum absolute atomic E-state index is 5.95. The lowest BCUT2D eigenvalue weighted by molar-refractivity contribution is 1.50. The summed E-state index contributed by atoms with van der Waals surface area (Å²) in [5.74, 6) is 0. The van der Waals surface area contributed by atoms with Crippen LogP contribution in [0.5, 0.6) is 0 Å². The Hall–Kier alpha value is -1.31. The van der Waals surface area contributed by atoms with Gasteiger partial charge in [0.05, 0.1) is 11.0 Å². The number of pyridine rings is 1. The highest BCUT2D eigenvalue weighted by Crippen LogP contribution is 2.24. The van der Waals surface area contributed by atoms with Crippen LogP contribution in [0.15, 0.2) is 42.5 Å². The minimum absolute atomic E-state index is 0.702. The Kier molecular flexibility index (Phi) is 2.23. The standard InChI is InChI=1S/C13H7Cl2N/c14-10-3-4-12-9(6-10)5-8-1-2-11(15)7-13(8)16-12/h1-7H. The molecule has 0 aliphatic carbocycles. The van der Waals surface area contributed by atoms with Crippen LogP contribution < -0.4 is 0 Å². The van der Waals surface area contributed by atoms with E-state index < -0.39 is 0 Å². The van der Waals surface area contributed by atoms with Gasteiger partial charge in [0, 0.05) is 20.8 Å². The highest BCUT2D eigenvalue weighted by molar-refractivity contribution is 6.31. The van der Waals surface area contributed by atoms with Gasteiger partial charge in [-0.15, -0.1) is 0 Å². The van der Waals surface area contributed by atoms with E-state index in [1.54, 1.807) is 0 Å². The molecule has 0 saturated carbocycles. The molecule has 0 saturated heterocycles. The summed E-state index contributed by atoms with van der Waals surface area (Å²) in [6.45, 7) is 0. The first kappa shape index (κ1) is 9.88. The first-order valence-corrected chi connectivity index (χ1v) is 5.63. The molecule has 0 unspecified atom stereocenters. The van der Waals surface area contributed by atoms with Crippen molar-refractivity contribution in [1.82, 2.24) is 4.98 Å². The molecule has 16 heavy (non-hydrogen) atoms. The van der Waals surface area contributed by atoms with Crippen LogP contribution in [0.4, 0.5) is 0 Å². The zero-order valence-corrected chi connectivity index (χ0v) is 9.76. The minimum atomic E-state index is 0.702. The molecule has 0 radical (unpaired) electrons. The molecule has 3 rings (SSSR count). The summed E-state index contributed by atoms with van der Waals surface area (Å²) < 4.78 is 0. The number of nitrogens with zero attached hydrogens (tertiary/aromatic N) is 1. The Morgan fingerprint density at radius 3 is 2.31 bits per heavy atom. The van der Waals surface area contributed by atoms with Gasteiger partial charge in [-0.1, -0.05) is 29.3 Å². The molecule has 0 atom stereocenters. The summed E-state index contributed by atoms with van der Waals surface area (Å²) in [6.07, 6.45) is 0. The van der Waals surface area contributed by atoms with Crippen molar-refractivity contribution in [3.63, 3.8) is 0 Å². The van der Waals surface area contributed by atoms with Crippen molar-refractivity contribution in [2.24, 2.45) is 0 Å². The summed E-state index contributed by atoms with van der Waals surface area (Å²) in [5, 5.41) is 3.54. The van der Waals surface area contributed by atoms with Crippen molar-refractivity contribution in [3.8, 4) is 0 Å². The fourth-order valence-corrected chi connectivity index (χ4v) is 2.12. The molecular weight excluding hydrogens is 241 g/mol. The van der Waals surface area contributed by atoms with Gasteiger partial charge >= 0.3 is 0 Å². The zero-order valence-electron chi connectivity index (χ0n) is 8.24. The van der Waals surface area contributed by atoms with Gasteiger partial charge < -0.3 is 0 Å². The molecule has 0 amide bonds. The summed E-state index contributed by atoms with van der Waals surface area (Å²) in [7, 11) is 0. The molecule has 1 aromatic heterocycles. The van der Waals surface area contributed by atoms with E-state index in [1.807, 2.05) is 36.4 Å². The second-order valence-corrected chi connectivity index (χ2v) is 4.54. The van der Waals surface area contributed by atoms with Gasteiger partial charge in [0.2, 0.25) is 0 Å². The highest BCUT2D eigenvalue weighted by atomic mass is 35.5. The summed E-state index contributed by atoms with van der Waals surface area (Å²) in [5.41, 5.74) is 1.83. The number of halogens is 2. The molecule has 1 heterocycles. The van der Waals surface area contributed by atoms with Crippen molar-refractivity contribution < 1.29 is 0 Å². The second-order valence-electron chi connectivity index (χ2n) is 3.66. The number of aromatic nitrogens is 1. The fourth-order valence-electron chi connectivity index (χ4n) is 1.78. The van der Waals surface area contributed by atoms with E-state index in [4.69, 9.17) is 23.2 Å². The van der Waals surface area contributed by atoms with Crippen molar-refractivity contribution in [1.29, 1.82) is 0 Å². The first-order valence-electron chi connectivity index (χ1n) is 4.88. The molecule has 3 aromatic rings. The average Bonchev–Trinajstić information content (AvgIpc) is 2.26. The molecule has 0 bridgehead atoms. The Bertz CT molecular complexity index is 630. The molecule has 0 N–H and O–H groups in total. The van der Waals surface area contributed by atoms with Gasteiger partial charge in [-0.3, -0.25) is 0 Å². The first-order chi connectivity index (χ1) is 7.72. The topological polar surface area (TPSA) is 12.9 Å². The predicted octanol–water partition coefficient (Wildman–Crippen LogP) is 4.69. The van der Waals surface area contributed by atoms with Crippen molar-refractivity contribution in [3.05, 3.63) is 52.5 Å². The number of fused-ring (bicyclic) bond motifs is 2. The van der Waals surface area contributed by atoms with E-state index in [9.17, 15) is 0 Å². The fraction of sp³-hybridized carbons (Fsp3) is 0. The number of rotatable bonds is 0. The van der Waals surface area contributed by atoms with Crippen molar-refractivity contribution >= 4 is 45.0 Å². The van der Waals surface area contributed by atoms with Gasteiger partial charge in [-0.2, -0.15) is 0 Å². The number of hydrogen-bond acceptors (Lipinski definition) is 1. The number of hydrogen-bond donors (Lipinski definition) is 0. The van der Waals surface area contributed by atoms with Crippen LogP contribution in [0.1, 0.15) is 0 Å². The Balaban J connectivity index is 2.44. The molecule has 0 aliphatic heterocycles. The minimum Gasteiger partial charge on any atom is -0.248 e. The maximum atomic E-state index is 5.95. The average molecular weight is 248 g/mol. The van der Waals surface area contributed by atoms with Crippen LogP contribution in [0.25, 0.3) is 21.8 Å². The SMILES string of the molecule is Clc1ccc2nc3cc(Cl)ccc3cc2c1. The van der Waals surface area contributed by atoms with Crippen LogP contribution in [0.3, 0.4) is 0 Å². The van der Waals surface area contributed by atoms with Crippen LogP contribution in [-0.4, -0.2) is 4.98 Å². The van der Waals surface area contributed by atoms with Gasteiger partial charge in [-0.25, -0.2) is 4.98 Å². The largest absolute Gasteiger partial charge is 0.248 e. The Morgan fingerprint density at radius 1 is 0.688 bits per heavy atom. The quantitative estimate of drug-likeness (QED) is 0.525. The Morgan fingerprint density at radius 2 is 1.44 bits per heavy atom. The second kappa shape index (κ2) is 3.62. The summed E-state index contributed by atoms with van der Waals surface area (Å²) >= 11 is 11.9. The zero-order chi connectivity index (χ0) is 11.1. The number of benzene rings is 2. The van der Waals surface area contributed by atoms with Crippen molar-refractivity contribution in [2.45, 2.75) is 0 Å². The van der Waals surface area contributed by atoms with E-state index in [1.165, 1.54) is 0 Å². The monoisotopic (exact) mass is 247 g/mol. The van der Waals surface area contributed by atoms with Gasteiger partial charge in [-0.05, 0) is 36.4 Å². The predicted molar refractivity (Wildman–Crippen MR) is 69.3 cm³/mol. The molecule has 0 spiro atoms. The van der Waals surface area contributed by atoms with E-state index >= 15 is 0 Å². The van der Waals surface area contributed by atoms with Gasteiger partial charge in [0.1, 0.15) is 0 Å². The third kappa shape index (κ3) is 1.62. The van der Waals surface area contributed by atoms with E-state index in [2.05, 4.69) is 11.1 Å². The maximum Gasteiger partial charge on any atom is 0.0724 e. The van der Waals surface area contributed by atoms with E-state index in [0.717, 1.165) is 26.8 Å². The molecule has 0 fully saturated rings. The molecule has 2 aromatic carbocycles. The molecule has 1 nitrogen and oxygen atoms in total. The smallest absolute Gasteiger partial charge is 0.0724 e. The summed E-state index contributed by atoms with van der Waals surface area (Å²) in [4.78, 5) is 4.54. The van der Waals surface area contributed by atoms with Gasteiger partial charge in [0.25, 0.3) is 0 Å². The lowest BCUT2D eigenvalue weighted by Gasteiger charge is -2.02. The normalized spacial score (nSPS) is 11.1. The highest BCUT2D eigenvalue weighted by Gasteiger charge is 2.01. The molecule has 3 heteroatoms. The Labute approximate surface area is 103 Å². The van der Waals surface area contributed by atoms with Crippen LogP contribution in [-0.2, 0) is 0 Å². The molecule has 78 valence electrons. The van der Waals surface area contributed by atoms with E-state index in [-0.39, 0.29) is 0 Å². The third-order valence-electron chi connectivity index (χ3n) is 2.53. The molecular formula is C13H7Cl2N. The van der Waals surface area contributed by atoms with Crippen LogP contribution >= 0.6 is 23.2 Å². The third-order valence-corrected chi connectivity index (χ3v) is 3.00. The molecule has 0 aliphatic rings. The van der Waals surface area contributed by atoms with Crippen LogP contribution in [0, 0.1) is 0 Å². The van der Waals surface area contributed by atoms with E-state index in [0.29, 0.717) is 5.02 Å². The summed E-state index contributed by atoms with van der Waals surface area (Å²) in [6, 6.07) is 13.4. The van der Waals surface area contributed by atoms with Crippen molar-refractivity contribution in [2.75, 3.05) is 0 Å².